The highest BCUT2D eigenvalue weighted by Crippen LogP contribution is 2.11. The van der Waals surface area contributed by atoms with E-state index in [1.54, 1.807) is 0 Å². The molecule has 1 aliphatic rings. The number of carbonyl (C=O) groups is 2. The summed E-state index contributed by atoms with van der Waals surface area (Å²) in [6.45, 7) is 2.48. The molecule has 0 spiro atoms. The fourth-order valence-electron chi connectivity index (χ4n) is 1.79. The lowest BCUT2D eigenvalue weighted by Gasteiger charge is -2.27. The first-order valence-corrected chi connectivity index (χ1v) is 5.55. The second kappa shape index (κ2) is 6.32. The van der Waals surface area contributed by atoms with Gasteiger partial charge in [-0.1, -0.05) is 0 Å². The molecule has 1 aliphatic heterocycles. The summed E-state index contributed by atoms with van der Waals surface area (Å²) in [4.78, 5) is 21.9. The second-order valence-electron chi connectivity index (χ2n) is 4.01. The monoisotopic (exact) mass is 229 g/mol. The number of carbonyl (C=O) groups excluding carboxylic acids is 2. The molecule has 6 nitrogen and oxygen atoms in total. The van der Waals surface area contributed by atoms with Gasteiger partial charge >= 0.3 is 6.09 Å². The molecule has 0 saturated carbocycles. The number of hydrogen-bond acceptors (Lipinski definition) is 4. The lowest BCUT2D eigenvalue weighted by molar-refractivity contribution is -0.124. The third kappa shape index (κ3) is 4.48. The molecule has 0 aromatic rings. The zero-order valence-corrected chi connectivity index (χ0v) is 9.49. The second-order valence-corrected chi connectivity index (χ2v) is 4.01. The molecule has 2 atom stereocenters. The summed E-state index contributed by atoms with van der Waals surface area (Å²) in [6.07, 6.45) is 2.20. The van der Waals surface area contributed by atoms with E-state index in [9.17, 15) is 9.59 Å². The minimum atomic E-state index is -0.821. The van der Waals surface area contributed by atoms with Gasteiger partial charge in [-0.2, -0.15) is 0 Å². The Morgan fingerprint density at radius 2 is 2.25 bits per heavy atom. The standard InChI is InChI=1S/C10H19N3O3/c1-7-3-2-4-8(13-7)9(14)12-5-6-16-10(11)15/h7-8,13H,2-6H2,1H3,(H2,11,15)(H,12,14). The molecule has 0 aromatic heterocycles. The van der Waals surface area contributed by atoms with Gasteiger partial charge < -0.3 is 21.1 Å². The first-order valence-electron chi connectivity index (χ1n) is 5.55. The number of primary amides is 1. The van der Waals surface area contributed by atoms with Crippen molar-refractivity contribution in [2.75, 3.05) is 13.2 Å². The Balaban J connectivity index is 2.16. The lowest BCUT2D eigenvalue weighted by Crippen LogP contribution is -2.50. The van der Waals surface area contributed by atoms with Crippen molar-refractivity contribution in [1.29, 1.82) is 0 Å². The first kappa shape index (κ1) is 12.8. The van der Waals surface area contributed by atoms with Crippen LogP contribution in [0.5, 0.6) is 0 Å². The Kier molecular flexibility index (Phi) is 5.04. The third-order valence-corrected chi connectivity index (χ3v) is 2.58. The molecular formula is C10H19N3O3. The predicted octanol–water partition coefficient (Wildman–Crippen LogP) is -0.271. The average Bonchev–Trinajstić information content (AvgIpc) is 2.24. The SMILES string of the molecule is CC1CCCC(C(=O)NCCOC(N)=O)N1. The maximum atomic E-state index is 11.6. The van der Waals surface area contributed by atoms with Gasteiger partial charge in [0.15, 0.2) is 0 Å². The van der Waals surface area contributed by atoms with E-state index in [1.165, 1.54) is 0 Å². The van der Waals surface area contributed by atoms with Gasteiger partial charge in [-0.25, -0.2) is 4.79 Å². The van der Waals surface area contributed by atoms with Crippen molar-refractivity contribution in [3.8, 4) is 0 Å². The van der Waals surface area contributed by atoms with E-state index in [-0.39, 0.29) is 18.6 Å². The van der Waals surface area contributed by atoms with Crippen LogP contribution >= 0.6 is 0 Å². The van der Waals surface area contributed by atoms with Crippen molar-refractivity contribution in [3.05, 3.63) is 0 Å². The molecule has 92 valence electrons. The molecule has 4 N–H and O–H groups in total. The normalized spacial score (nSPS) is 24.8. The maximum Gasteiger partial charge on any atom is 0.404 e. The number of ether oxygens (including phenoxy) is 1. The van der Waals surface area contributed by atoms with Crippen molar-refractivity contribution in [2.24, 2.45) is 5.73 Å². The van der Waals surface area contributed by atoms with Crippen LogP contribution < -0.4 is 16.4 Å². The van der Waals surface area contributed by atoms with Crippen LogP contribution in [0.3, 0.4) is 0 Å². The molecule has 16 heavy (non-hydrogen) atoms. The number of hydrogen-bond donors (Lipinski definition) is 3. The van der Waals surface area contributed by atoms with E-state index >= 15 is 0 Å². The maximum absolute atomic E-state index is 11.6. The summed E-state index contributed by atoms with van der Waals surface area (Å²) in [5.74, 6) is -0.0420. The number of nitrogens with two attached hydrogens (primary N) is 1. The minimum absolute atomic E-state index is 0.0420. The molecule has 1 rings (SSSR count). The van der Waals surface area contributed by atoms with Gasteiger partial charge in [-0.3, -0.25) is 4.79 Å². The van der Waals surface area contributed by atoms with Gasteiger partial charge in [0, 0.05) is 6.04 Å². The number of piperidine rings is 1. The van der Waals surface area contributed by atoms with Crippen molar-refractivity contribution in [3.63, 3.8) is 0 Å². The summed E-state index contributed by atoms with van der Waals surface area (Å²) in [6, 6.07) is 0.253. The molecular weight excluding hydrogens is 210 g/mol. The van der Waals surface area contributed by atoms with E-state index in [2.05, 4.69) is 22.3 Å². The van der Waals surface area contributed by atoms with Crippen LogP contribution in [0.25, 0.3) is 0 Å². The van der Waals surface area contributed by atoms with Crippen LogP contribution in [-0.4, -0.2) is 37.2 Å². The summed E-state index contributed by atoms with van der Waals surface area (Å²) in [5, 5.41) is 5.92. The lowest BCUT2D eigenvalue weighted by atomic mass is 9.99. The van der Waals surface area contributed by atoms with Gasteiger partial charge in [-0.05, 0) is 26.2 Å². The van der Waals surface area contributed by atoms with E-state index < -0.39 is 6.09 Å². The summed E-state index contributed by atoms with van der Waals surface area (Å²) in [5.41, 5.74) is 4.78. The molecule has 0 radical (unpaired) electrons. The molecule has 0 aromatic carbocycles. The Bertz CT molecular complexity index is 258. The van der Waals surface area contributed by atoms with E-state index in [0.29, 0.717) is 12.6 Å². The molecule has 0 aliphatic carbocycles. The molecule has 1 saturated heterocycles. The Morgan fingerprint density at radius 1 is 1.50 bits per heavy atom. The Labute approximate surface area is 94.9 Å². The quantitative estimate of drug-likeness (QED) is 0.578. The molecule has 2 unspecified atom stereocenters. The van der Waals surface area contributed by atoms with Crippen LogP contribution in [0.4, 0.5) is 4.79 Å². The van der Waals surface area contributed by atoms with Crippen molar-refractivity contribution < 1.29 is 14.3 Å². The fourth-order valence-corrected chi connectivity index (χ4v) is 1.79. The van der Waals surface area contributed by atoms with Crippen molar-refractivity contribution in [1.82, 2.24) is 10.6 Å². The largest absolute Gasteiger partial charge is 0.448 e. The van der Waals surface area contributed by atoms with Crippen LogP contribution in [0.1, 0.15) is 26.2 Å². The van der Waals surface area contributed by atoms with Gasteiger partial charge in [0.1, 0.15) is 6.61 Å². The van der Waals surface area contributed by atoms with Gasteiger partial charge in [-0.15, -0.1) is 0 Å². The van der Waals surface area contributed by atoms with E-state index in [4.69, 9.17) is 5.73 Å². The van der Waals surface area contributed by atoms with Crippen LogP contribution in [0.15, 0.2) is 0 Å². The third-order valence-electron chi connectivity index (χ3n) is 2.58. The number of rotatable bonds is 4. The van der Waals surface area contributed by atoms with Gasteiger partial charge in [0.2, 0.25) is 5.91 Å². The van der Waals surface area contributed by atoms with Gasteiger partial charge in [0.05, 0.1) is 12.6 Å². The average molecular weight is 229 g/mol. The zero-order valence-electron chi connectivity index (χ0n) is 9.49. The number of amides is 2. The highest BCUT2D eigenvalue weighted by molar-refractivity contribution is 5.81. The van der Waals surface area contributed by atoms with E-state index in [0.717, 1.165) is 19.3 Å². The summed E-state index contributed by atoms with van der Waals surface area (Å²) < 4.78 is 4.50. The zero-order chi connectivity index (χ0) is 12.0. The minimum Gasteiger partial charge on any atom is -0.448 e. The molecule has 2 amide bonds. The molecule has 0 bridgehead atoms. The predicted molar refractivity (Wildman–Crippen MR) is 58.8 cm³/mol. The first-order chi connectivity index (χ1) is 7.59. The summed E-state index contributed by atoms with van der Waals surface area (Å²) >= 11 is 0. The molecule has 1 heterocycles. The van der Waals surface area contributed by atoms with Crippen molar-refractivity contribution in [2.45, 2.75) is 38.3 Å². The van der Waals surface area contributed by atoms with Crippen LogP contribution in [-0.2, 0) is 9.53 Å². The highest BCUT2D eigenvalue weighted by Gasteiger charge is 2.23. The highest BCUT2D eigenvalue weighted by atomic mass is 16.5. The Hall–Kier alpha value is -1.30. The summed E-state index contributed by atoms with van der Waals surface area (Å²) in [7, 11) is 0. The van der Waals surface area contributed by atoms with Crippen LogP contribution in [0.2, 0.25) is 0 Å². The number of nitrogens with one attached hydrogen (secondary N) is 2. The molecule has 6 heteroatoms. The van der Waals surface area contributed by atoms with Crippen LogP contribution in [0, 0.1) is 0 Å². The molecule has 1 fully saturated rings. The topological polar surface area (TPSA) is 93.4 Å². The fraction of sp³-hybridized carbons (Fsp3) is 0.800. The Morgan fingerprint density at radius 3 is 2.88 bits per heavy atom. The smallest absolute Gasteiger partial charge is 0.404 e. The van der Waals surface area contributed by atoms with Crippen molar-refractivity contribution >= 4 is 12.0 Å². The van der Waals surface area contributed by atoms with Gasteiger partial charge in [0.25, 0.3) is 0 Å². The van der Waals surface area contributed by atoms with E-state index in [1.807, 2.05) is 0 Å².